The van der Waals surface area contributed by atoms with E-state index in [9.17, 15) is 0 Å². The van der Waals surface area contributed by atoms with Crippen molar-refractivity contribution in [1.82, 2.24) is 0 Å². The summed E-state index contributed by atoms with van der Waals surface area (Å²) in [6.07, 6.45) is 0. The van der Waals surface area contributed by atoms with Gasteiger partial charge >= 0.3 is 0 Å². The lowest BCUT2D eigenvalue weighted by molar-refractivity contribution is 0.377. The molecule has 0 aromatic heterocycles. The van der Waals surface area contributed by atoms with Crippen molar-refractivity contribution in [3.63, 3.8) is 0 Å². The van der Waals surface area contributed by atoms with E-state index in [2.05, 4.69) is 0 Å². The summed E-state index contributed by atoms with van der Waals surface area (Å²) in [6.45, 7) is 0.676. The number of benzene rings is 1. The lowest BCUT2D eigenvalue weighted by Gasteiger charge is -2.11. The number of rotatable bonds is 6. The minimum absolute atomic E-state index is 0. The zero-order valence-electron chi connectivity index (χ0n) is 9.26. The topological polar surface area (TPSA) is 44.5 Å². The highest BCUT2D eigenvalue weighted by molar-refractivity contribution is 8.76. The second-order valence-electron chi connectivity index (χ2n) is 2.69. The minimum Gasteiger partial charge on any atom is -0.495 e. The number of hydrogen-bond donors (Lipinski definition) is 1. The Kier molecular flexibility index (Phi) is 8.74. The van der Waals surface area contributed by atoms with Crippen molar-refractivity contribution >= 4 is 34.0 Å². The molecule has 0 saturated carbocycles. The van der Waals surface area contributed by atoms with Crippen LogP contribution in [0.15, 0.2) is 23.1 Å². The maximum atomic E-state index is 5.44. The van der Waals surface area contributed by atoms with Gasteiger partial charge in [-0.2, -0.15) is 0 Å². The first-order chi connectivity index (χ1) is 7.33. The maximum absolute atomic E-state index is 5.44. The smallest absolute Gasteiger partial charge is 0.137 e. The molecule has 1 rings (SSSR count). The fourth-order valence-electron chi connectivity index (χ4n) is 1.05. The van der Waals surface area contributed by atoms with Gasteiger partial charge in [0.05, 0.1) is 14.2 Å². The molecule has 0 unspecified atom stereocenters. The highest BCUT2D eigenvalue weighted by atomic mass is 35.5. The quantitative estimate of drug-likeness (QED) is 0.642. The third-order valence-corrected chi connectivity index (χ3v) is 4.17. The zero-order chi connectivity index (χ0) is 11.1. The van der Waals surface area contributed by atoms with Crippen LogP contribution in [0.4, 0.5) is 0 Å². The van der Waals surface area contributed by atoms with Crippen molar-refractivity contribution in [2.45, 2.75) is 4.90 Å². The van der Waals surface area contributed by atoms with Gasteiger partial charge in [-0.1, -0.05) is 16.9 Å². The van der Waals surface area contributed by atoms with Gasteiger partial charge in [0.1, 0.15) is 16.4 Å². The zero-order valence-corrected chi connectivity index (χ0v) is 11.7. The SMILES string of the molecule is COc1cccc(OC)c1SSCCN.Cl. The molecule has 0 aliphatic heterocycles. The maximum Gasteiger partial charge on any atom is 0.137 e. The first-order valence-corrected chi connectivity index (χ1v) is 6.86. The van der Waals surface area contributed by atoms with Gasteiger partial charge in [-0.25, -0.2) is 0 Å². The highest BCUT2D eigenvalue weighted by Crippen LogP contribution is 2.43. The Hall–Kier alpha value is -0.230. The van der Waals surface area contributed by atoms with Crippen molar-refractivity contribution in [1.29, 1.82) is 0 Å². The number of nitrogens with two attached hydrogens (primary N) is 1. The molecule has 1 aromatic rings. The number of methoxy groups -OCH3 is 2. The van der Waals surface area contributed by atoms with Crippen LogP contribution in [0.1, 0.15) is 0 Å². The molecule has 0 aliphatic rings. The lowest BCUT2D eigenvalue weighted by atomic mass is 10.3. The summed E-state index contributed by atoms with van der Waals surface area (Å²) in [6, 6.07) is 5.76. The molecule has 0 heterocycles. The van der Waals surface area contributed by atoms with Crippen LogP contribution in [0.25, 0.3) is 0 Å². The second-order valence-corrected chi connectivity index (χ2v) is 5.11. The molecular formula is C10H16ClNO2S2. The van der Waals surface area contributed by atoms with Crippen LogP contribution >= 0.6 is 34.0 Å². The van der Waals surface area contributed by atoms with E-state index in [0.29, 0.717) is 6.54 Å². The minimum atomic E-state index is 0. The van der Waals surface area contributed by atoms with Gasteiger partial charge in [-0.05, 0) is 22.9 Å². The van der Waals surface area contributed by atoms with Crippen LogP contribution < -0.4 is 15.2 Å². The fourth-order valence-corrected chi connectivity index (χ4v) is 3.20. The van der Waals surface area contributed by atoms with Gasteiger partial charge < -0.3 is 15.2 Å². The fraction of sp³-hybridized carbons (Fsp3) is 0.400. The van der Waals surface area contributed by atoms with Crippen molar-refractivity contribution in [3.05, 3.63) is 18.2 Å². The average molecular weight is 282 g/mol. The van der Waals surface area contributed by atoms with Gasteiger partial charge in [0.2, 0.25) is 0 Å². The Bertz CT molecular complexity index is 291. The Labute approximate surface area is 110 Å². The van der Waals surface area contributed by atoms with E-state index in [0.717, 1.165) is 22.1 Å². The van der Waals surface area contributed by atoms with Crippen LogP contribution in [0, 0.1) is 0 Å². The summed E-state index contributed by atoms with van der Waals surface area (Å²) in [4.78, 5) is 1.01. The van der Waals surface area contributed by atoms with Gasteiger partial charge in [0.25, 0.3) is 0 Å². The predicted molar refractivity (Wildman–Crippen MR) is 74.2 cm³/mol. The molecule has 0 spiro atoms. The van der Waals surface area contributed by atoms with E-state index in [1.54, 1.807) is 35.8 Å². The van der Waals surface area contributed by atoms with E-state index < -0.39 is 0 Å². The van der Waals surface area contributed by atoms with Crippen molar-refractivity contribution < 1.29 is 9.47 Å². The van der Waals surface area contributed by atoms with Gasteiger partial charge in [0.15, 0.2) is 0 Å². The van der Waals surface area contributed by atoms with Gasteiger partial charge in [0, 0.05) is 12.3 Å². The van der Waals surface area contributed by atoms with E-state index >= 15 is 0 Å². The van der Waals surface area contributed by atoms with Crippen molar-refractivity contribution in [2.75, 3.05) is 26.5 Å². The standard InChI is InChI=1S/C10H15NO2S2.ClH/c1-12-8-4-3-5-9(13-2)10(8)15-14-7-6-11;/h3-5H,6-7,11H2,1-2H3;1H. The van der Waals surface area contributed by atoms with Crippen molar-refractivity contribution in [3.8, 4) is 11.5 Å². The molecule has 92 valence electrons. The molecule has 0 fully saturated rings. The lowest BCUT2D eigenvalue weighted by Crippen LogP contribution is -2.00. The molecule has 0 radical (unpaired) electrons. The first kappa shape index (κ1) is 15.8. The molecule has 0 amide bonds. The molecule has 0 aliphatic carbocycles. The highest BCUT2D eigenvalue weighted by Gasteiger charge is 2.10. The Morgan fingerprint density at radius 2 is 1.75 bits per heavy atom. The summed E-state index contributed by atoms with van der Waals surface area (Å²) in [7, 11) is 6.65. The molecule has 2 N–H and O–H groups in total. The van der Waals surface area contributed by atoms with Gasteiger partial charge in [-0.3, -0.25) is 0 Å². The van der Waals surface area contributed by atoms with Crippen LogP contribution in [0.3, 0.4) is 0 Å². The first-order valence-electron chi connectivity index (χ1n) is 4.54. The van der Waals surface area contributed by atoms with Crippen molar-refractivity contribution in [2.24, 2.45) is 5.73 Å². The van der Waals surface area contributed by atoms with E-state index in [1.807, 2.05) is 18.2 Å². The molecule has 0 atom stereocenters. The summed E-state index contributed by atoms with van der Waals surface area (Å²) < 4.78 is 10.5. The van der Waals surface area contributed by atoms with E-state index in [1.165, 1.54) is 0 Å². The molecule has 1 aromatic carbocycles. The normalized spacial score (nSPS) is 9.44. The monoisotopic (exact) mass is 281 g/mol. The number of hydrogen-bond acceptors (Lipinski definition) is 5. The summed E-state index contributed by atoms with van der Waals surface area (Å²) in [5.41, 5.74) is 5.44. The van der Waals surface area contributed by atoms with Crippen LogP contribution in [0.2, 0.25) is 0 Å². The van der Waals surface area contributed by atoms with E-state index in [4.69, 9.17) is 15.2 Å². The molecule has 0 bridgehead atoms. The Balaban J connectivity index is 0.00000225. The largest absolute Gasteiger partial charge is 0.495 e. The summed E-state index contributed by atoms with van der Waals surface area (Å²) in [5, 5.41) is 0. The molecular weight excluding hydrogens is 266 g/mol. The van der Waals surface area contributed by atoms with Crippen LogP contribution in [-0.4, -0.2) is 26.5 Å². The summed E-state index contributed by atoms with van der Waals surface area (Å²) >= 11 is 0. The number of halogens is 1. The summed E-state index contributed by atoms with van der Waals surface area (Å²) in [5.74, 6) is 2.58. The van der Waals surface area contributed by atoms with E-state index in [-0.39, 0.29) is 12.4 Å². The Morgan fingerprint density at radius 3 is 2.19 bits per heavy atom. The Morgan fingerprint density at radius 1 is 1.19 bits per heavy atom. The third-order valence-electron chi connectivity index (χ3n) is 1.73. The van der Waals surface area contributed by atoms with Crippen LogP contribution in [-0.2, 0) is 0 Å². The second kappa shape index (κ2) is 8.87. The molecule has 0 saturated heterocycles. The molecule has 3 nitrogen and oxygen atoms in total. The third kappa shape index (κ3) is 4.33. The van der Waals surface area contributed by atoms with Gasteiger partial charge in [-0.15, -0.1) is 12.4 Å². The number of ether oxygens (including phenoxy) is 2. The average Bonchev–Trinajstić information content (AvgIpc) is 2.29. The predicted octanol–water partition coefficient (Wildman–Crippen LogP) is 2.82. The molecule has 6 heteroatoms. The van der Waals surface area contributed by atoms with Crippen LogP contribution in [0.5, 0.6) is 11.5 Å². The molecule has 16 heavy (non-hydrogen) atoms.